The number of rotatable bonds is 5. The van der Waals surface area contributed by atoms with Gasteiger partial charge in [0.1, 0.15) is 6.10 Å². The second-order valence-corrected chi connectivity index (χ2v) is 3.81. The van der Waals surface area contributed by atoms with Gasteiger partial charge in [-0.1, -0.05) is 36.9 Å². The molecule has 1 aromatic rings. The van der Waals surface area contributed by atoms with E-state index in [1.165, 1.54) is 5.56 Å². The van der Waals surface area contributed by atoms with Gasteiger partial charge in [0.15, 0.2) is 0 Å². The first-order chi connectivity index (χ1) is 7.34. The molecule has 0 bridgehead atoms. The summed E-state index contributed by atoms with van der Waals surface area (Å²) in [5.74, 6) is 0.906. The maximum Gasteiger partial charge on any atom is 0.107 e. The second kappa shape index (κ2) is 4.99. The summed E-state index contributed by atoms with van der Waals surface area (Å²) >= 11 is 0. The van der Waals surface area contributed by atoms with Gasteiger partial charge >= 0.3 is 0 Å². The van der Waals surface area contributed by atoms with E-state index in [2.05, 4.69) is 18.7 Å². The Morgan fingerprint density at radius 3 is 2.73 bits per heavy atom. The van der Waals surface area contributed by atoms with Crippen molar-refractivity contribution in [3.63, 3.8) is 0 Å². The summed E-state index contributed by atoms with van der Waals surface area (Å²) in [5, 5.41) is 0. The van der Waals surface area contributed by atoms with Crippen LogP contribution in [0, 0.1) is 0 Å². The quantitative estimate of drug-likeness (QED) is 0.686. The van der Waals surface area contributed by atoms with E-state index < -0.39 is 0 Å². The summed E-state index contributed by atoms with van der Waals surface area (Å²) in [4.78, 5) is 0. The van der Waals surface area contributed by atoms with E-state index in [4.69, 9.17) is 9.47 Å². The van der Waals surface area contributed by atoms with E-state index in [1.807, 2.05) is 18.2 Å². The van der Waals surface area contributed by atoms with Gasteiger partial charge in [-0.3, -0.25) is 0 Å². The van der Waals surface area contributed by atoms with Crippen molar-refractivity contribution in [2.45, 2.75) is 25.6 Å². The Bertz CT molecular complexity index is 311. The van der Waals surface area contributed by atoms with Crippen molar-refractivity contribution in [3.05, 3.63) is 48.2 Å². The van der Waals surface area contributed by atoms with Crippen molar-refractivity contribution in [1.29, 1.82) is 0 Å². The summed E-state index contributed by atoms with van der Waals surface area (Å²) in [6.07, 6.45) is 2.30. The molecule has 0 N–H and O–H groups in total. The fraction of sp³-hybridized carbons (Fsp3) is 0.385. The lowest BCUT2D eigenvalue weighted by atomic mass is 10.1. The molecule has 0 aliphatic carbocycles. The Kier molecular flexibility index (Phi) is 3.41. The molecular weight excluding hydrogens is 188 g/mol. The average Bonchev–Trinajstić information content (AvgIpc) is 2.23. The van der Waals surface area contributed by atoms with Gasteiger partial charge in [0.25, 0.3) is 0 Å². The Labute approximate surface area is 90.5 Å². The smallest absolute Gasteiger partial charge is 0.107 e. The van der Waals surface area contributed by atoms with Gasteiger partial charge < -0.3 is 9.47 Å². The van der Waals surface area contributed by atoms with E-state index in [9.17, 15) is 0 Å². The molecular formula is C13H16O2. The average molecular weight is 204 g/mol. The van der Waals surface area contributed by atoms with E-state index in [0.717, 1.165) is 25.2 Å². The Balaban J connectivity index is 1.57. The van der Waals surface area contributed by atoms with Gasteiger partial charge in [-0.2, -0.15) is 0 Å². The van der Waals surface area contributed by atoms with Crippen molar-refractivity contribution in [1.82, 2.24) is 0 Å². The molecule has 0 amide bonds. The Morgan fingerprint density at radius 2 is 2.07 bits per heavy atom. The molecule has 15 heavy (non-hydrogen) atoms. The van der Waals surface area contributed by atoms with Crippen molar-refractivity contribution in [2.75, 3.05) is 6.61 Å². The SMILES string of the molecule is C=C1CC(CCOCc2ccccc2)O1. The van der Waals surface area contributed by atoms with Crippen LogP contribution in [-0.4, -0.2) is 12.7 Å². The maximum absolute atomic E-state index is 5.55. The molecule has 1 unspecified atom stereocenters. The predicted octanol–water partition coefficient (Wildman–Crippen LogP) is 2.90. The molecule has 1 aliphatic heterocycles. The summed E-state index contributed by atoms with van der Waals surface area (Å²) < 4.78 is 10.9. The zero-order valence-electron chi connectivity index (χ0n) is 8.82. The van der Waals surface area contributed by atoms with Crippen LogP contribution in [0.3, 0.4) is 0 Å². The van der Waals surface area contributed by atoms with Gasteiger partial charge in [0.05, 0.1) is 19.0 Å². The molecule has 1 atom stereocenters. The zero-order chi connectivity index (χ0) is 10.5. The Morgan fingerprint density at radius 1 is 1.33 bits per heavy atom. The van der Waals surface area contributed by atoms with Crippen LogP contribution in [0.15, 0.2) is 42.7 Å². The zero-order valence-corrected chi connectivity index (χ0v) is 8.82. The van der Waals surface area contributed by atoms with Gasteiger partial charge in [0, 0.05) is 12.8 Å². The molecule has 0 spiro atoms. The fourth-order valence-electron chi connectivity index (χ4n) is 1.62. The molecule has 2 nitrogen and oxygen atoms in total. The van der Waals surface area contributed by atoms with Crippen molar-refractivity contribution >= 4 is 0 Å². The number of ether oxygens (including phenoxy) is 2. The normalized spacial score (nSPS) is 19.5. The van der Waals surface area contributed by atoms with E-state index in [1.54, 1.807) is 0 Å². The largest absolute Gasteiger partial charge is 0.495 e. The summed E-state index contributed by atoms with van der Waals surface area (Å²) in [6.45, 7) is 5.17. The monoisotopic (exact) mass is 204 g/mol. The maximum atomic E-state index is 5.55. The van der Waals surface area contributed by atoms with Crippen LogP contribution in [0.1, 0.15) is 18.4 Å². The first-order valence-electron chi connectivity index (χ1n) is 5.31. The van der Waals surface area contributed by atoms with Crippen LogP contribution >= 0.6 is 0 Å². The van der Waals surface area contributed by atoms with Gasteiger partial charge in [-0.25, -0.2) is 0 Å². The standard InChI is InChI=1S/C13H16O2/c1-11-9-13(15-11)7-8-14-10-12-5-3-2-4-6-12/h2-6,13H,1,7-10H2. The van der Waals surface area contributed by atoms with Crippen LogP contribution in [-0.2, 0) is 16.1 Å². The molecule has 0 aromatic heterocycles. The van der Waals surface area contributed by atoms with Crippen LogP contribution in [0.2, 0.25) is 0 Å². The van der Waals surface area contributed by atoms with Crippen LogP contribution < -0.4 is 0 Å². The Hall–Kier alpha value is -1.28. The lowest BCUT2D eigenvalue weighted by Gasteiger charge is -2.29. The van der Waals surface area contributed by atoms with E-state index in [-0.39, 0.29) is 0 Å². The third-order valence-electron chi connectivity index (χ3n) is 2.48. The molecule has 1 aromatic carbocycles. The van der Waals surface area contributed by atoms with Crippen molar-refractivity contribution in [3.8, 4) is 0 Å². The van der Waals surface area contributed by atoms with Crippen molar-refractivity contribution in [2.24, 2.45) is 0 Å². The van der Waals surface area contributed by atoms with Crippen LogP contribution in [0.5, 0.6) is 0 Å². The molecule has 1 aliphatic rings. The summed E-state index contributed by atoms with van der Waals surface area (Å²) in [5.41, 5.74) is 1.22. The molecule has 1 fully saturated rings. The summed E-state index contributed by atoms with van der Waals surface area (Å²) in [7, 11) is 0. The third-order valence-corrected chi connectivity index (χ3v) is 2.48. The predicted molar refractivity (Wildman–Crippen MR) is 59.3 cm³/mol. The lowest BCUT2D eigenvalue weighted by molar-refractivity contribution is -0.00861. The fourth-order valence-corrected chi connectivity index (χ4v) is 1.62. The van der Waals surface area contributed by atoms with E-state index >= 15 is 0 Å². The topological polar surface area (TPSA) is 18.5 Å². The van der Waals surface area contributed by atoms with E-state index in [0.29, 0.717) is 12.7 Å². The number of benzene rings is 1. The van der Waals surface area contributed by atoms with Gasteiger partial charge in [-0.15, -0.1) is 0 Å². The highest BCUT2D eigenvalue weighted by Crippen LogP contribution is 2.24. The first kappa shape index (κ1) is 10.2. The van der Waals surface area contributed by atoms with Gasteiger partial charge in [0.2, 0.25) is 0 Å². The first-order valence-corrected chi connectivity index (χ1v) is 5.31. The second-order valence-electron chi connectivity index (χ2n) is 3.81. The minimum Gasteiger partial charge on any atom is -0.495 e. The highest BCUT2D eigenvalue weighted by Gasteiger charge is 2.22. The minimum absolute atomic E-state index is 0.341. The molecule has 1 saturated heterocycles. The van der Waals surface area contributed by atoms with Crippen molar-refractivity contribution < 1.29 is 9.47 Å². The molecule has 80 valence electrons. The highest BCUT2D eigenvalue weighted by atomic mass is 16.5. The molecule has 2 heteroatoms. The number of hydrogen-bond donors (Lipinski definition) is 0. The van der Waals surface area contributed by atoms with Crippen LogP contribution in [0.25, 0.3) is 0 Å². The lowest BCUT2D eigenvalue weighted by Crippen LogP contribution is -2.25. The molecule has 1 heterocycles. The summed E-state index contributed by atoms with van der Waals surface area (Å²) in [6, 6.07) is 10.2. The molecule has 0 radical (unpaired) electrons. The van der Waals surface area contributed by atoms with Gasteiger partial charge in [-0.05, 0) is 5.56 Å². The van der Waals surface area contributed by atoms with Crippen LogP contribution in [0.4, 0.5) is 0 Å². The number of hydrogen-bond acceptors (Lipinski definition) is 2. The molecule has 2 rings (SSSR count). The third kappa shape index (κ3) is 3.10. The highest BCUT2D eigenvalue weighted by molar-refractivity contribution is 5.13. The minimum atomic E-state index is 0.341. The molecule has 0 saturated carbocycles.